The Morgan fingerprint density at radius 2 is 2.15 bits per heavy atom. The molecule has 0 radical (unpaired) electrons. The molecule has 1 aliphatic rings. The fourth-order valence-electron chi connectivity index (χ4n) is 1.99. The zero-order chi connectivity index (χ0) is 9.68. The summed E-state index contributed by atoms with van der Waals surface area (Å²) < 4.78 is 0. The monoisotopic (exact) mass is 203 g/mol. The van der Waals surface area contributed by atoms with E-state index in [0.717, 1.165) is 11.8 Å². The van der Waals surface area contributed by atoms with E-state index in [4.69, 9.17) is 11.6 Å². The lowest BCUT2D eigenvalue weighted by Crippen LogP contribution is -2.30. The van der Waals surface area contributed by atoms with Crippen LogP contribution in [0.25, 0.3) is 0 Å². The number of halogens is 1. The summed E-state index contributed by atoms with van der Waals surface area (Å²) in [6.07, 6.45) is 4.15. The van der Waals surface area contributed by atoms with Crippen LogP contribution >= 0.6 is 11.6 Å². The maximum atomic E-state index is 5.81. The van der Waals surface area contributed by atoms with E-state index in [9.17, 15) is 0 Å². The minimum absolute atomic E-state index is 0.648. The van der Waals surface area contributed by atoms with Gasteiger partial charge >= 0.3 is 0 Å². The standard InChI is InChI=1S/C11H22ClN/c1-10-4-3-6-13(7-5-10)9-11(2)8-12/h10-11H,3-9H2,1-2H3. The van der Waals surface area contributed by atoms with Gasteiger partial charge in [-0.15, -0.1) is 11.6 Å². The smallest absolute Gasteiger partial charge is 0.0261 e. The van der Waals surface area contributed by atoms with Gasteiger partial charge in [0.1, 0.15) is 0 Å². The topological polar surface area (TPSA) is 3.24 Å². The summed E-state index contributed by atoms with van der Waals surface area (Å²) in [6, 6.07) is 0. The lowest BCUT2D eigenvalue weighted by molar-refractivity contribution is 0.252. The van der Waals surface area contributed by atoms with Gasteiger partial charge in [-0.2, -0.15) is 0 Å². The third-order valence-corrected chi connectivity index (χ3v) is 3.47. The third kappa shape index (κ3) is 4.33. The number of hydrogen-bond acceptors (Lipinski definition) is 1. The van der Waals surface area contributed by atoms with Crippen LogP contribution in [-0.2, 0) is 0 Å². The molecule has 0 spiro atoms. The Balaban J connectivity index is 2.25. The van der Waals surface area contributed by atoms with Crippen molar-refractivity contribution in [1.29, 1.82) is 0 Å². The van der Waals surface area contributed by atoms with Crippen molar-refractivity contribution in [3.05, 3.63) is 0 Å². The second-order valence-corrected chi connectivity index (χ2v) is 4.90. The highest BCUT2D eigenvalue weighted by atomic mass is 35.5. The molecular formula is C11H22ClN. The van der Waals surface area contributed by atoms with E-state index < -0.39 is 0 Å². The molecule has 0 amide bonds. The maximum Gasteiger partial charge on any atom is 0.0261 e. The van der Waals surface area contributed by atoms with Gasteiger partial charge < -0.3 is 4.90 Å². The second-order valence-electron chi connectivity index (χ2n) is 4.60. The van der Waals surface area contributed by atoms with Crippen molar-refractivity contribution in [2.24, 2.45) is 11.8 Å². The Bertz CT molecular complexity index is 138. The minimum atomic E-state index is 0.648. The zero-order valence-corrected chi connectivity index (χ0v) is 9.69. The zero-order valence-electron chi connectivity index (χ0n) is 8.93. The Hall–Kier alpha value is 0.250. The molecule has 0 aliphatic carbocycles. The van der Waals surface area contributed by atoms with Gasteiger partial charge in [0.2, 0.25) is 0 Å². The van der Waals surface area contributed by atoms with Crippen LogP contribution in [0.4, 0.5) is 0 Å². The summed E-state index contributed by atoms with van der Waals surface area (Å²) in [5, 5.41) is 0. The van der Waals surface area contributed by atoms with Gasteiger partial charge in [-0.05, 0) is 44.2 Å². The highest BCUT2D eigenvalue weighted by Crippen LogP contribution is 2.17. The van der Waals surface area contributed by atoms with Crippen molar-refractivity contribution >= 4 is 11.6 Å². The summed E-state index contributed by atoms with van der Waals surface area (Å²) in [4.78, 5) is 2.58. The first-order chi connectivity index (χ1) is 6.22. The summed E-state index contributed by atoms with van der Waals surface area (Å²) in [5.74, 6) is 2.37. The van der Waals surface area contributed by atoms with Crippen molar-refractivity contribution in [1.82, 2.24) is 4.90 Å². The molecule has 1 nitrogen and oxygen atoms in total. The Kier molecular flexibility index (Phi) is 5.12. The van der Waals surface area contributed by atoms with Crippen molar-refractivity contribution in [2.45, 2.75) is 33.1 Å². The van der Waals surface area contributed by atoms with Gasteiger partial charge in [-0.1, -0.05) is 13.8 Å². The van der Waals surface area contributed by atoms with E-state index >= 15 is 0 Å². The molecule has 1 heterocycles. The van der Waals surface area contributed by atoms with Gasteiger partial charge in [0.15, 0.2) is 0 Å². The first kappa shape index (κ1) is 11.3. The molecule has 0 aromatic carbocycles. The molecule has 1 aliphatic heterocycles. The third-order valence-electron chi connectivity index (χ3n) is 2.94. The van der Waals surface area contributed by atoms with E-state index in [-0.39, 0.29) is 0 Å². The lowest BCUT2D eigenvalue weighted by Gasteiger charge is -2.22. The average Bonchev–Trinajstić information content (AvgIpc) is 2.31. The van der Waals surface area contributed by atoms with Crippen LogP contribution in [0.2, 0.25) is 0 Å². The van der Waals surface area contributed by atoms with Crippen molar-refractivity contribution < 1.29 is 0 Å². The first-order valence-corrected chi connectivity index (χ1v) is 6.04. The van der Waals surface area contributed by atoms with E-state index in [2.05, 4.69) is 18.7 Å². The van der Waals surface area contributed by atoms with Gasteiger partial charge in [0, 0.05) is 12.4 Å². The molecule has 78 valence electrons. The number of hydrogen-bond donors (Lipinski definition) is 0. The summed E-state index contributed by atoms with van der Waals surface area (Å²) >= 11 is 5.81. The summed E-state index contributed by atoms with van der Waals surface area (Å²) in [6.45, 7) is 8.36. The molecule has 2 heteroatoms. The molecule has 0 bridgehead atoms. The highest BCUT2D eigenvalue weighted by molar-refractivity contribution is 6.18. The van der Waals surface area contributed by atoms with Crippen molar-refractivity contribution in [3.8, 4) is 0 Å². The van der Waals surface area contributed by atoms with Crippen LogP contribution in [0.15, 0.2) is 0 Å². The summed E-state index contributed by atoms with van der Waals surface area (Å²) in [5.41, 5.74) is 0. The minimum Gasteiger partial charge on any atom is -0.303 e. The molecule has 1 saturated heterocycles. The van der Waals surface area contributed by atoms with E-state index in [1.165, 1.54) is 38.9 Å². The molecule has 13 heavy (non-hydrogen) atoms. The van der Waals surface area contributed by atoms with Crippen LogP contribution in [0, 0.1) is 11.8 Å². The summed E-state index contributed by atoms with van der Waals surface area (Å²) in [7, 11) is 0. The molecule has 0 aromatic heterocycles. The molecular weight excluding hydrogens is 182 g/mol. The van der Waals surface area contributed by atoms with Gasteiger partial charge in [-0.25, -0.2) is 0 Å². The van der Waals surface area contributed by atoms with Crippen LogP contribution < -0.4 is 0 Å². The predicted molar refractivity (Wildman–Crippen MR) is 59.3 cm³/mol. The fraction of sp³-hybridized carbons (Fsp3) is 1.00. The maximum absolute atomic E-state index is 5.81. The first-order valence-electron chi connectivity index (χ1n) is 5.50. The molecule has 2 atom stereocenters. The average molecular weight is 204 g/mol. The van der Waals surface area contributed by atoms with Crippen LogP contribution in [0.5, 0.6) is 0 Å². The van der Waals surface area contributed by atoms with E-state index in [0.29, 0.717) is 5.92 Å². The number of likely N-dealkylation sites (tertiary alicyclic amines) is 1. The molecule has 0 N–H and O–H groups in total. The SMILES string of the molecule is CC1CCCN(CC(C)CCl)CC1. The van der Waals surface area contributed by atoms with Crippen LogP contribution in [0.1, 0.15) is 33.1 Å². The Morgan fingerprint density at radius 1 is 1.38 bits per heavy atom. The highest BCUT2D eigenvalue weighted by Gasteiger charge is 2.14. The second kappa shape index (κ2) is 5.87. The van der Waals surface area contributed by atoms with Gasteiger partial charge in [-0.3, -0.25) is 0 Å². The largest absolute Gasteiger partial charge is 0.303 e. The molecule has 1 fully saturated rings. The number of rotatable bonds is 3. The predicted octanol–water partition coefficient (Wildman–Crippen LogP) is 2.98. The van der Waals surface area contributed by atoms with Crippen molar-refractivity contribution in [2.75, 3.05) is 25.5 Å². The number of nitrogens with zero attached hydrogens (tertiary/aromatic N) is 1. The van der Waals surface area contributed by atoms with Crippen molar-refractivity contribution in [3.63, 3.8) is 0 Å². The number of alkyl halides is 1. The van der Waals surface area contributed by atoms with E-state index in [1.54, 1.807) is 0 Å². The Morgan fingerprint density at radius 3 is 2.85 bits per heavy atom. The quantitative estimate of drug-likeness (QED) is 0.638. The molecule has 0 saturated carbocycles. The molecule has 1 rings (SSSR count). The lowest BCUT2D eigenvalue weighted by atomic mass is 10.0. The Labute approximate surface area is 87.4 Å². The molecule has 0 aromatic rings. The van der Waals surface area contributed by atoms with Crippen LogP contribution in [0.3, 0.4) is 0 Å². The van der Waals surface area contributed by atoms with Crippen LogP contribution in [-0.4, -0.2) is 30.4 Å². The molecule has 2 unspecified atom stereocenters. The fourth-order valence-corrected chi connectivity index (χ4v) is 2.09. The normalized spacial score (nSPS) is 28.4. The van der Waals surface area contributed by atoms with E-state index in [1.807, 2.05) is 0 Å². The van der Waals surface area contributed by atoms with Gasteiger partial charge in [0.05, 0.1) is 0 Å². The van der Waals surface area contributed by atoms with Gasteiger partial charge in [0.25, 0.3) is 0 Å².